The molecule has 1 amide bonds. The van der Waals surface area contributed by atoms with E-state index in [1.807, 2.05) is 0 Å². The van der Waals surface area contributed by atoms with Crippen molar-refractivity contribution in [1.82, 2.24) is 9.88 Å². The van der Waals surface area contributed by atoms with Crippen LogP contribution < -0.4 is 15.5 Å². The summed E-state index contributed by atoms with van der Waals surface area (Å²) < 4.78 is 40.9. The van der Waals surface area contributed by atoms with Gasteiger partial charge in [0.15, 0.2) is 0 Å². The molecule has 0 saturated carbocycles. The highest BCUT2D eigenvalue weighted by Gasteiger charge is 2.27. The Labute approximate surface area is 182 Å². The van der Waals surface area contributed by atoms with E-state index in [1.54, 1.807) is 24.3 Å². The van der Waals surface area contributed by atoms with Crippen LogP contribution in [0.1, 0.15) is 22.3 Å². The van der Waals surface area contributed by atoms with Crippen LogP contribution in [0, 0.1) is 11.6 Å². The molecule has 1 aromatic heterocycles. The first-order chi connectivity index (χ1) is 15.4. The molecule has 0 aliphatic carbocycles. The molecule has 2 N–H and O–H groups in total. The van der Waals surface area contributed by atoms with E-state index in [1.165, 1.54) is 17.9 Å². The maximum absolute atomic E-state index is 14.7. The number of pyridine rings is 1. The van der Waals surface area contributed by atoms with Crippen LogP contribution in [0.15, 0.2) is 47.4 Å². The lowest BCUT2D eigenvalue weighted by Gasteiger charge is -2.28. The van der Waals surface area contributed by atoms with E-state index in [4.69, 9.17) is 9.47 Å². The number of nitrogens with one attached hydrogen (secondary N) is 1. The van der Waals surface area contributed by atoms with Crippen molar-refractivity contribution in [3.8, 4) is 5.75 Å². The maximum atomic E-state index is 14.7. The molecule has 4 rings (SSSR count). The molecule has 9 heteroatoms. The van der Waals surface area contributed by atoms with E-state index in [-0.39, 0.29) is 24.2 Å². The van der Waals surface area contributed by atoms with Crippen molar-refractivity contribution < 1.29 is 28.2 Å². The lowest BCUT2D eigenvalue weighted by atomic mass is 10.0. The number of rotatable bonds is 5. The van der Waals surface area contributed by atoms with Gasteiger partial charge in [0.25, 0.3) is 5.91 Å². The summed E-state index contributed by atoms with van der Waals surface area (Å²) in [6.45, 7) is 0.493. The third-order valence-electron chi connectivity index (χ3n) is 5.52. The van der Waals surface area contributed by atoms with Crippen molar-refractivity contribution in [3.63, 3.8) is 0 Å². The highest BCUT2D eigenvalue weighted by atomic mass is 19.1. The molecule has 32 heavy (non-hydrogen) atoms. The monoisotopic (exact) mass is 444 g/mol. The Morgan fingerprint density at radius 1 is 1.22 bits per heavy atom. The molecule has 1 saturated heterocycles. The number of hydrogen-bond donors (Lipinski definition) is 2. The molecule has 3 aromatic rings. The molecule has 168 valence electrons. The predicted octanol–water partition coefficient (Wildman–Crippen LogP) is 2.22. The quantitative estimate of drug-likeness (QED) is 0.630. The van der Waals surface area contributed by atoms with Gasteiger partial charge in [0.2, 0.25) is 5.43 Å². The third-order valence-corrected chi connectivity index (χ3v) is 5.52. The average molecular weight is 444 g/mol. The van der Waals surface area contributed by atoms with Crippen molar-refractivity contribution in [1.29, 1.82) is 0 Å². The number of methoxy groups -OCH3 is 1. The van der Waals surface area contributed by atoms with Crippen LogP contribution in [0.25, 0.3) is 10.9 Å². The minimum Gasteiger partial charge on any atom is -0.497 e. The maximum Gasteiger partial charge on any atom is 0.257 e. The van der Waals surface area contributed by atoms with E-state index >= 15 is 0 Å². The van der Waals surface area contributed by atoms with Crippen LogP contribution >= 0.6 is 0 Å². The van der Waals surface area contributed by atoms with Crippen LogP contribution in [0.5, 0.6) is 5.75 Å². The van der Waals surface area contributed by atoms with Gasteiger partial charge in [-0.3, -0.25) is 9.59 Å². The normalized spacial score (nSPS) is 18.5. The summed E-state index contributed by atoms with van der Waals surface area (Å²) in [6, 6.07) is 8.13. The van der Waals surface area contributed by atoms with Crippen LogP contribution in [0.2, 0.25) is 0 Å². The van der Waals surface area contributed by atoms with E-state index in [9.17, 15) is 23.5 Å². The molecule has 1 aliphatic rings. The zero-order chi connectivity index (χ0) is 22.8. The second kappa shape index (κ2) is 9.05. The minimum atomic E-state index is -0.927. The molecule has 2 aromatic carbocycles. The fourth-order valence-corrected chi connectivity index (χ4v) is 3.80. The number of carbonyl (C=O) groups is 1. The number of nitrogens with zero attached hydrogens (tertiary/aromatic N) is 1. The summed E-state index contributed by atoms with van der Waals surface area (Å²) >= 11 is 0. The number of halogens is 2. The Hall–Kier alpha value is -3.30. The second-order valence-corrected chi connectivity index (χ2v) is 7.61. The largest absolute Gasteiger partial charge is 0.497 e. The molecule has 0 unspecified atom stereocenters. The SMILES string of the molecule is COc1ccc(Cn2cc(C(=O)N[C@@H]3CCOC[C@H]3O)c(=O)c3c(F)ccc(F)c32)cc1. The number of hydrogen-bond acceptors (Lipinski definition) is 5. The first-order valence-corrected chi connectivity index (χ1v) is 10.1. The zero-order valence-electron chi connectivity index (χ0n) is 17.3. The average Bonchev–Trinajstić information content (AvgIpc) is 2.79. The van der Waals surface area contributed by atoms with Crippen molar-refractivity contribution in [2.75, 3.05) is 20.3 Å². The number of aromatic nitrogens is 1. The number of ether oxygens (including phenoxy) is 2. The predicted molar refractivity (Wildman–Crippen MR) is 113 cm³/mol. The van der Waals surface area contributed by atoms with Crippen molar-refractivity contribution in [3.05, 3.63) is 75.6 Å². The number of benzene rings is 2. The summed E-state index contributed by atoms with van der Waals surface area (Å²) in [5.41, 5.74) is -0.754. The molecule has 1 fully saturated rings. The van der Waals surface area contributed by atoms with Gasteiger partial charge in [0.1, 0.15) is 22.9 Å². The topological polar surface area (TPSA) is 89.8 Å². The Morgan fingerprint density at radius 2 is 1.94 bits per heavy atom. The van der Waals surface area contributed by atoms with Gasteiger partial charge in [-0.05, 0) is 36.2 Å². The summed E-state index contributed by atoms with van der Waals surface area (Å²) in [4.78, 5) is 25.9. The number of amides is 1. The Bertz CT molecular complexity index is 1210. The number of aliphatic hydroxyl groups is 1. The van der Waals surface area contributed by atoms with E-state index < -0.39 is 40.5 Å². The van der Waals surface area contributed by atoms with Crippen molar-refractivity contribution in [2.45, 2.75) is 25.1 Å². The summed E-state index contributed by atoms with van der Waals surface area (Å²) in [5, 5.41) is 12.2. The Kier molecular flexibility index (Phi) is 6.20. The van der Waals surface area contributed by atoms with E-state index in [0.717, 1.165) is 17.7 Å². The molecule has 0 bridgehead atoms. The summed E-state index contributed by atoms with van der Waals surface area (Å²) in [5.74, 6) is -1.84. The van der Waals surface area contributed by atoms with Gasteiger partial charge in [-0.25, -0.2) is 8.78 Å². The fourth-order valence-electron chi connectivity index (χ4n) is 3.80. The lowest BCUT2D eigenvalue weighted by molar-refractivity contribution is -0.0261. The first kappa shape index (κ1) is 21.9. The first-order valence-electron chi connectivity index (χ1n) is 10.1. The van der Waals surface area contributed by atoms with Crippen molar-refractivity contribution in [2.24, 2.45) is 0 Å². The lowest BCUT2D eigenvalue weighted by Crippen LogP contribution is -2.49. The van der Waals surface area contributed by atoms with Crippen LogP contribution in [0.4, 0.5) is 8.78 Å². The van der Waals surface area contributed by atoms with Gasteiger partial charge in [-0.15, -0.1) is 0 Å². The highest BCUT2D eigenvalue weighted by Crippen LogP contribution is 2.22. The van der Waals surface area contributed by atoms with E-state index in [0.29, 0.717) is 18.8 Å². The molecular weight excluding hydrogens is 422 g/mol. The van der Waals surface area contributed by atoms with E-state index in [2.05, 4.69) is 5.32 Å². The van der Waals surface area contributed by atoms with Gasteiger partial charge < -0.3 is 24.5 Å². The number of carbonyl (C=O) groups excluding carboxylic acids is 1. The molecule has 2 atom stereocenters. The van der Waals surface area contributed by atoms with Gasteiger partial charge in [-0.2, -0.15) is 0 Å². The molecule has 0 radical (unpaired) electrons. The fraction of sp³-hybridized carbons (Fsp3) is 0.304. The Balaban J connectivity index is 1.79. The molecule has 0 spiro atoms. The standard InChI is InChI=1S/C23H22F2N2O5/c1-31-14-4-2-13(3-5-14)10-27-11-15(23(30)26-18-8-9-32-12-19(18)28)22(29)20-16(24)6-7-17(25)21(20)27/h2-7,11,18-19,28H,8-10,12H2,1H3,(H,26,30)/t18-,19-/m1/s1. The number of fused-ring (bicyclic) bond motifs is 1. The smallest absolute Gasteiger partial charge is 0.257 e. The number of aliphatic hydroxyl groups excluding tert-OH is 1. The third kappa shape index (κ3) is 4.21. The molecule has 7 nitrogen and oxygen atoms in total. The van der Waals surface area contributed by atoms with Gasteiger partial charge >= 0.3 is 0 Å². The van der Waals surface area contributed by atoms with Crippen LogP contribution in [0.3, 0.4) is 0 Å². The molecule has 2 heterocycles. The van der Waals surface area contributed by atoms with Crippen LogP contribution in [-0.4, -0.2) is 48.1 Å². The highest BCUT2D eigenvalue weighted by molar-refractivity contribution is 5.97. The van der Waals surface area contributed by atoms with Crippen LogP contribution in [-0.2, 0) is 11.3 Å². The van der Waals surface area contributed by atoms with Gasteiger partial charge in [0.05, 0.1) is 36.8 Å². The Morgan fingerprint density at radius 3 is 2.62 bits per heavy atom. The van der Waals surface area contributed by atoms with Gasteiger partial charge in [0, 0.05) is 19.3 Å². The molecular formula is C23H22F2N2O5. The molecule has 1 aliphatic heterocycles. The van der Waals surface area contributed by atoms with Crippen molar-refractivity contribution >= 4 is 16.8 Å². The van der Waals surface area contributed by atoms with Gasteiger partial charge in [-0.1, -0.05) is 12.1 Å². The summed E-state index contributed by atoms with van der Waals surface area (Å²) in [7, 11) is 1.53. The zero-order valence-corrected chi connectivity index (χ0v) is 17.3. The second-order valence-electron chi connectivity index (χ2n) is 7.61. The summed E-state index contributed by atoms with van der Waals surface area (Å²) in [6.07, 6.45) is 0.658. The minimum absolute atomic E-state index is 0.0597.